The number of nitrogens with zero attached hydrogens (tertiary/aromatic N) is 1. The molecule has 19 heavy (non-hydrogen) atoms. The van der Waals surface area contributed by atoms with E-state index in [1.807, 2.05) is 0 Å². The van der Waals surface area contributed by atoms with Crippen molar-refractivity contribution < 1.29 is 4.74 Å². The molecule has 3 nitrogen and oxygen atoms in total. The Morgan fingerprint density at radius 3 is 2.58 bits per heavy atom. The monoisotopic (exact) mass is 262 g/mol. The molecule has 3 atom stereocenters. The van der Waals surface area contributed by atoms with Gasteiger partial charge in [-0.3, -0.25) is 4.90 Å². The molecule has 1 saturated heterocycles. The molecule has 106 valence electrons. The van der Waals surface area contributed by atoms with Crippen molar-refractivity contribution in [2.24, 2.45) is 5.73 Å². The molecule has 3 unspecified atom stereocenters. The van der Waals surface area contributed by atoms with Crippen LogP contribution < -0.4 is 5.73 Å². The van der Waals surface area contributed by atoms with Gasteiger partial charge in [0, 0.05) is 25.2 Å². The van der Waals surface area contributed by atoms with Crippen molar-refractivity contribution in [3.05, 3.63) is 35.4 Å². The summed E-state index contributed by atoms with van der Waals surface area (Å²) in [6.07, 6.45) is 2.73. The average molecular weight is 262 g/mol. The van der Waals surface area contributed by atoms with Crippen LogP contribution in [0.3, 0.4) is 0 Å². The number of likely N-dealkylation sites (N-methyl/N-ethyl adjacent to an activating group) is 1. The molecule has 1 heterocycles. The van der Waals surface area contributed by atoms with E-state index < -0.39 is 0 Å². The van der Waals surface area contributed by atoms with E-state index in [0.29, 0.717) is 6.10 Å². The fourth-order valence-corrected chi connectivity index (χ4v) is 2.95. The van der Waals surface area contributed by atoms with Crippen LogP contribution in [0.2, 0.25) is 0 Å². The summed E-state index contributed by atoms with van der Waals surface area (Å²) in [4.78, 5) is 2.34. The van der Waals surface area contributed by atoms with Crippen LogP contribution in [0.25, 0.3) is 0 Å². The van der Waals surface area contributed by atoms with E-state index >= 15 is 0 Å². The number of hydrogen-bond acceptors (Lipinski definition) is 3. The van der Waals surface area contributed by atoms with Crippen LogP contribution >= 0.6 is 0 Å². The number of rotatable bonds is 5. The van der Waals surface area contributed by atoms with Crippen LogP contribution in [0.4, 0.5) is 0 Å². The molecule has 0 radical (unpaired) electrons. The van der Waals surface area contributed by atoms with Crippen LogP contribution in [0.5, 0.6) is 0 Å². The van der Waals surface area contributed by atoms with Crippen molar-refractivity contribution in [3.8, 4) is 0 Å². The normalized spacial score (nSPS) is 22.7. The summed E-state index contributed by atoms with van der Waals surface area (Å²) >= 11 is 0. The minimum atomic E-state index is 0.106. The lowest BCUT2D eigenvalue weighted by molar-refractivity contribution is 0.0642. The summed E-state index contributed by atoms with van der Waals surface area (Å²) in [5, 5.41) is 0. The second kappa shape index (κ2) is 6.51. The Balaban J connectivity index is 2.07. The first kappa shape index (κ1) is 14.5. The van der Waals surface area contributed by atoms with E-state index in [2.05, 4.69) is 50.1 Å². The predicted octanol–water partition coefficient (Wildman–Crippen LogP) is 2.49. The molecule has 0 aromatic heterocycles. The molecule has 1 fully saturated rings. The van der Waals surface area contributed by atoms with Crippen molar-refractivity contribution in [1.29, 1.82) is 0 Å². The largest absolute Gasteiger partial charge is 0.377 e. The summed E-state index contributed by atoms with van der Waals surface area (Å²) in [6.45, 7) is 6.06. The van der Waals surface area contributed by atoms with Crippen LogP contribution in [0, 0.1) is 6.92 Å². The molecule has 0 aliphatic carbocycles. The van der Waals surface area contributed by atoms with E-state index in [1.54, 1.807) is 0 Å². The van der Waals surface area contributed by atoms with Crippen LogP contribution in [0.1, 0.15) is 36.9 Å². The van der Waals surface area contributed by atoms with E-state index in [4.69, 9.17) is 10.5 Å². The van der Waals surface area contributed by atoms with Crippen LogP contribution in [-0.4, -0.2) is 37.2 Å². The van der Waals surface area contributed by atoms with Crippen molar-refractivity contribution in [2.45, 2.75) is 44.9 Å². The number of aryl methyl sites for hydroxylation is 1. The zero-order valence-electron chi connectivity index (χ0n) is 12.3. The lowest BCUT2D eigenvalue weighted by Gasteiger charge is -2.33. The quantitative estimate of drug-likeness (QED) is 0.886. The SMILES string of the molecule is Cc1ccc(C(C(C)N)N(C)CC2CCCO2)cc1. The number of benzene rings is 1. The highest BCUT2D eigenvalue weighted by Crippen LogP contribution is 2.24. The molecule has 1 aromatic rings. The first-order valence-electron chi connectivity index (χ1n) is 7.22. The van der Waals surface area contributed by atoms with E-state index in [0.717, 1.165) is 13.2 Å². The van der Waals surface area contributed by atoms with Gasteiger partial charge >= 0.3 is 0 Å². The molecule has 2 rings (SSSR count). The topological polar surface area (TPSA) is 38.5 Å². The Morgan fingerprint density at radius 1 is 1.37 bits per heavy atom. The van der Waals surface area contributed by atoms with Gasteiger partial charge in [-0.2, -0.15) is 0 Å². The maximum atomic E-state index is 6.20. The van der Waals surface area contributed by atoms with Crippen molar-refractivity contribution >= 4 is 0 Å². The number of nitrogens with two attached hydrogens (primary N) is 1. The average Bonchev–Trinajstić information content (AvgIpc) is 2.84. The molecule has 1 aliphatic heterocycles. The van der Waals surface area contributed by atoms with Crippen LogP contribution in [0.15, 0.2) is 24.3 Å². The Hall–Kier alpha value is -0.900. The second-order valence-corrected chi connectivity index (χ2v) is 5.79. The Morgan fingerprint density at radius 2 is 2.05 bits per heavy atom. The Labute approximate surface area is 116 Å². The highest BCUT2D eigenvalue weighted by Gasteiger charge is 2.25. The third-order valence-electron chi connectivity index (χ3n) is 3.91. The lowest BCUT2D eigenvalue weighted by Crippen LogP contribution is -2.40. The van der Waals surface area contributed by atoms with Gasteiger partial charge in [0.25, 0.3) is 0 Å². The third-order valence-corrected chi connectivity index (χ3v) is 3.91. The molecule has 1 aromatic carbocycles. The van der Waals surface area contributed by atoms with Crippen molar-refractivity contribution in [2.75, 3.05) is 20.2 Å². The Bertz CT molecular complexity index is 382. The molecular weight excluding hydrogens is 236 g/mol. The van der Waals surface area contributed by atoms with Gasteiger partial charge in [-0.25, -0.2) is 0 Å². The maximum Gasteiger partial charge on any atom is 0.0702 e. The predicted molar refractivity (Wildman–Crippen MR) is 79.2 cm³/mol. The second-order valence-electron chi connectivity index (χ2n) is 5.79. The number of ether oxygens (including phenoxy) is 1. The summed E-state index contributed by atoms with van der Waals surface area (Å²) in [6, 6.07) is 9.05. The Kier molecular flexibility index (Phi) is 4.97. The molecule has 0 amide bonds. The first-order valence-corrected chi connectivity index (χ1v) is 7.22. The first-order chi connectivity index (χ1) is 9.08. The van der Waals surface area contributed by atoms with Gasteiger partial charge in [0.1, 0.15) is 0 Å². The molecule has 3 heteroatoms. The molecule has 2 N–H and O–H groups in total. The standard InChI is InChI=1S/C16H26N2O/c1-12-6-8-14(9-7-12)16(13(2)17)18(3)11-15-5-4-10-19-15/h6-9,13,15-16H,4-5,10-11,17H2,1-3H3. The zero-order chi connectivity index (χ0) is 13.8. The van der Waals surface area contributed by atoms with Gasteiger partial charge in [0.05, 0.1) is 6.10 Å². The molecule has 0 saturated carbocycles. The van der Waals surface area contributed by atoms with E-state index in [9.17, 15) is 0 Å². The van der Waals surface area contributed by atoms with E-state index in [-0.39, 0.29) is 12.1 Å². The molecule has 0 spiro atoms. The fourth-order valence-electron chi connectivity index (χ4n) is 2.95. The lowest BCUT2D eigenvalue weighted by atomic mass is 9.98. The number of hydrogen-bond donors (Lipinski definition) is 1. The molecule has 0 bridgehead atoms. The van der Waals surface area contributed by atoms with Gasteiger partial charge in [0.2, 0.25) is 0 Å². The van der Waals surface area contributed by atoms with Crippen LogP contribution in [-0.2, 0) is 4.74 Å². The minimum absolute atomic E-state index is 0.106. The maximum absolute atomic E-state index is 6.20. The summed E-state index contributed by atoms with van der Waals surface area (Å²) in [5.74, 6) is 0. The van der Waals surface area contributed by atoms with Gasteiger partial charge in [-0.15, -0.1) is 0 Å². The smallest absolute Gasteiger partial charge is 0.0702 e. The van der Waals surface area contributed by atoms with E-state index in [1.165, 1.54) is 24.0 Å². The summed E-state index contributed by atoms with van der Waals surface area (Å²) in [5.41, 5.74) is 8.78. The highest BCUT2D eigenvalue weighted by atomic mass is 16.5. The van der Waals surface area contributed by atoms with Crippen molar-refractivity contribution in [3.63, 3.8) is 0 Å². The summed E-state index contributed by atoms with van der Waals surface area (Å²) in [7, 11) is 2.15. The minimum Gasteiger partial charge on any atom is -0.377 e. The van der Waals surface area contributed by atoms with Gasteiger partial charge in [-0.1, -0.05) is 29.8 Å². The fraction of sp³-hybridized carbons (Fsp3) is 0.625. The van der Waals surface area contributed by atoms with Gasteiger partial charge in [0.15, 0.2) is 0 Å². The summed E-state index contributed by atoms with van der Waals surface area (Å²) < 4.78 is 5.73. The molecular formula is C16H26N2O. The highest BCUT2D eigenvalue weighted by molar-refractivity contribution is 5.25. The van der Waals surface area contributed by atoms with Crippen molar-refractivity contribution in [1.82, 2.24) is 4.90 Å². The van der Waals surface area contributed by atoms with Gasteiger partial charge in [-0.05, 0) is 39.3 Å². The molecule has 1 aliphatic rings. The van der Waals surface area contributed by atoms with Gasteiger partial charge < -0.3 is 10.5 Å². The third kappa shape index (κ3) is 3.78. The zero-order valence-corrected chi connectivity index (χ0v) is 12.3.